The highest BCUT2D eigenvalue weighted by atomic mass is 32.1. The molecule has 2 aromatic carbocycles. The number of thiazole rings is 1. The molecule has 0 aliphatic carbocycles. The van der Waals surface area contributed by atoms with E-state index < -0.39 is 0 Å². The molecule has 0 bridgehead atoms. The van der Waals surface area contributed by atoms with Crippen molar-refractivity contribution in [2.24, 2.45) is 0 Å². The molecule has 2 N–H and O–H groups in total. The van der Waals surface area contributed by atoms with Gasteiger partial charge in [0.05, 0.1) is 5.51 Å². The molecule has 0 atom stereocenters. The van der Waals surface area contributed by atoms with Crippen LogP contribution >= 0.6 is 11.3 Å². The maximum Gasteiger partial charge on any atom is 0.255 e. The molecule has 6 nitrogen and oxygen atoms in total. The highest BCUT2D eigenvalue weighted by Gasteiger charge is 2.08. The van der Waals surface area contributed by atoms with Crippen LogP contribution in [0, 0.1) is 0 Å². The first-order chi connectivity index (χ1) is 12.3. The van der Waals surface area contributed by atoms with Gasteiger partial charge in [-0.3, -0.25) is 4.79 Å². The third-order valence-electron chi connectivity index (χ3n) is 3.58. The van der Waals surface area contributed by atoms with Gasteiger partial charge in [0.1, 0.15) is 16.7 Å². The van der Waals surface area contributed by atoms with E-state index in [0.29, 0.717) is 11.4 Å². The monoisotopic (exact) mass is 347 g/mol. The van der Waals surface area contributed by atoms with Crippen molar-refractivity contribution in [1.29, 1.82) is 0 Å². The van der Waals surface area contributed by atoms with Gasteiger partial charge in [0, 0.05) is 16.9 Å². The van der Waals surface area contributed by atoms with Gasteiger partial charge in [-0.05, 0) is 36.4 Å². The van der Waals surface area contributed by atoms with E-state index in [1.165, 1.54) is 17.7 Å². The summed E-state index contributed by atoms with van der Waals surface area (Å²) in [6.07, 6.45) is 1.51. The fourth-order valence-corrected chi connectivity index (χ4v) is 2.98. The van der Waals surface area contributed by atoms with Gasteiger partial charge in [0.15, 0.2) is 5.82 Å². The Kier molecular flexibility index (Phi) is 4.05. The van der Waals surface area contributed by atoms with Crippen molar-refractivity contribution < 1.29 is 4.79 Å². The minimum atomic E-state index is -0.138. The molecule has 0 spiro atoms. The first-order valence-corrected chi connectivity index (χ1v) is 8.45. The third-order valence-corrected chi connectivity index (χ3v) is 4.31. The molecule has 4 aromatic rings. The van der Waals surface area contributed by atoms with Gasteiger partial charge in [-0.2, -0.15) is 0 Å². The summed E-state index contributed by atoms with van der Waals surface area (Å²) in [6.45, 7) is 0. The molecule has 122 valence electrons. The van der Waals surface area contributed by atoms with E-state index in [9.17, 15) is 4.79 Å². The van der Waals surface area contributed by atoms with Crippen molar-refractivity contribution in [3.8, 4) is 0 Å². The number of hydrogen-bond donors (Lipinski definition) is 2. The van der Waals surface area contributed by atoms with Crippen molar-refractivity contribution in [1.82, 2.24) is 15.0 Å². The van der Waals surface area contributed by atoms with Crippen LogP contribution in [-0.2, 0) is 0 Å². The van der Waals surface area contributed by atoms with Crippen LogP contribution in [0.4, 0.5) is 17.2 Å². The Hall–Kier alpha value is -3.32. The Morgan fingerprint density at radius 3 is 2.44 bits per heavy atom. The van der Waals surface area contributed by atoms with Crippen molar-refractivity contribution >= 4 is 44.8 Å². The molecule has 2 heterocycles. The van der Waals surface area contributed by atoms with E-state index in [0.717, 1.165) is 21.7 Å². The van der Waals surface area contributed by atoms with Crippen molar-refractivity contribution in [3.05, 3.63) is 72.0 Å². The lowest BCUT2D eigenvalue weighted by Crippen LogP contribution is -2.11. The van der Waals surface area contributed by atoms with E-state index >= 15 is 0 Å². The van der Waals surface area contributed by atoms with Crippen LogP contribution in [0.2, 0.25) is 0 Å². The summed E-state index contributed by atoms with van der Waals surface area (Å²) in [4.78, 5) is 25.7. The summed E-state index contributed by atoms with van der Waals surface area (Å²) in [6, 6.07) is 16.5. The lowest BCUT2D eigenvalue weighted by atomic mass is 10.2. The molecule has 0 fully saturated rings. The van der Waals surface area contributed by atoms with E-state index in [-0.39, 0.29) is 5.91 Å². The molecule has 0 saturated carbocycles. The molecule has 2 aromatic heterocycles. The van der Waals surface area contributed by atoms with E-state index in [1.54, 1.807) is 17.6 Å². The Labute approximate surface area is 147 Å². The Morgan fingerprint density at radius 2 is 1.64 bits per heavy atom. The quantitative estimate of drug-likeness (QED) is 0.581. The zero-order valence-electron chi connectivity index (χ0n) is 13.0. The molecule has 0 radical (unpaired) electrons. The zero-order chi connectivity index (χ0) is 17.1. The number of rotatable bonds is 4. The van der Waals surface area contributed by atoms with Gasteiger partial charge >= 0.3 is 0 Å². The number of nitrogens with one attached hydrogen (secondary N) is 2. The molecular weight excluding hydrogens is 334 g/mol. The van der Waals surface area contributed by atoms with Gasteiger partial charge in [-0.1, -0.05) is 18.2 Å². The second-order valence-electron chi connectivity index (χ2n) is 5.25. The second-order valence-corrected chi connectivity index (χ2v) is 6.08. The third kappa shape index (κ3) is 3.31. The fourth-order valence-electron chi connectivity index (χ4n) is 2.35. The van der Waals surface area contributed by atoms with Crippen LogP contribution in [0.3, 0.4) is 0 Å². The molecule has 7 heteroatoms. The molecule has 0 aliphatic rings. The minimum absolute atomic E-state index is 0.138. The molecule has 0 saturated heterocycles. The average Bonchev–Trinajstić information content (AvgIpc) is 3.14. The molecular formula is C18H13N5OS. The van der Waals surface area contributed by atoms with Crippen molar-refractivity contribution in [3.63, 3.8) is 0 Å². The van der Waals surface area contributed by atoms with Gasteiger partial charge in [-0.25, -0.2) is 15.0 Å². The first-order valence-electron chi connectivity index (χ1n) is 7.57. The summed E-state index contributed by atoms with van der Waals surface area (Å²) < 4.78 is 0. The Balaban J connectivity index is 1.49. The number of carbonyl (C=O) groups excluding carboxylic acids is 1. The SMILES string of the molecule is O=C(Nc1ccc(Nc2ncnc3scnc23)cc1)c1ccccc1. The topological polar surface area (TPSA) is 79.8 Å². The molecule has 0 unspecified atom stereocenters. The maximum atomic E-state index is 12.2. The van der Waals surface area contributed by atoms with Crippen LogP contribution in [0.5, 0.6) is 0 Å². The van der Waals surface area contributed by atoms with Gasteiger partial charge < -0.3 is 10.6 Å². The van der Waals surface area contributed by atoms with Crippen LogP contribution < -0.4 is 10.6 Å². The van der Waals surface area contributed by atoms with E-state index in [1.807, 2.05) is 42.5 Å². The van der Waals surface area contributed by atoms with Crippen LogP contribution in [0.1, 0.15) is 10.4 Å². The number of carbonyl (C=O) groups is 1. The summed E-state index contributed by atoms with van der Waals surface area (Å²) in [5.74, 6) is 0.522. The largest absolute Gasteiger partial charge is 0.338 e. The molecule has 1 amide bonds. The van der Waals surface area contributed by atoms with Gasteiger partial charge in [-0.15, -0.1) is 11.3 Å². The minimum Gasteiger partial charge on any atom is -0.338 e. The van der Waals surface area contributed by atoms with Gasteiger partial charge in [0.2, 0.25) is 0 Å². The Morgan fingerprint density at radius 1 is 0.880 bits per heavy atom. The predicted molar refractivity (Wildman–Crippen MR) is 99.3 cm³/mol. The second kappa shape index (κ2) is 6.66. The number of fused-ring (bicyclic) bond motifs is 1. The van der Waals surface area contributed by atoms with Crippen molar-refractivity contribution in [2.45, 2.75) is 0 Å². The highest BCUT2D eigenvalue weighted by Crippen LogP contribution is 2.24. The van der Waals surface area contributed by atoms with E-state index in [4.69, 9.17) is 0 Å². The number of nitrogens with zero attached hydrogens (tertiary/aromatic N) is 3. The summed E-state index contributed by atoms with van der Waals surface area (Å²) in [7, 11) is 0. The van der Waals surface area contributed by atoms with Crippen LogP contribution in [-0.4, -0.2) is 20.9 Å². The standard InChI is InChI=1S/C18H13N5OS/c24-17(12-4-2-1-3-5-12)23-14-8-6-13(7-9-14)22-16-15-18(20-10-19-16)25-11-21-15/h1-11H,(H,23,24)(H,19,20,22). The number of hydrogen-bond acceptors (Lipinski definition) is 6. The summed E-state index contributed by atoms with van der Waals surface area (Å²) in [5.41, 5.74) is 4.68. The molecule has 4 rings (SSSR count). The van der Waals surface area contributed by atoms with Crippen LogP contribution in [0.15, 0.2) is 66.4 Å². The lowest BCUT2D eigenvalue weighted by Gasteiger charge is -2.08. The number of benzene rings is 2. The maximum absolute atomic E-state index is 12.2. The first kappa shape index (κ1) is 15.2. The lowest BCUT2D eigenvalue weighted by molar-refractivity contribution is 0.102. The van der Waals surface area contributed by atoms with E-state index in [2.05, 4.69) is 25.6 Å². The summed E-state index contributed by atoms with van der Waals surface area (Å²) in [5, 5.41) is 6.10. The van der Waals surface area contributed by atoms with Crippen LogP contribution in [0.25, 0.3) is 10.3 Å². The van der Waals surface area contributed by atoms with Gasteiger partial charge in [0.25, 0.3) is 5.91 Å². The number of aromatic nitrogens is 3. The number of anilines is 3. The fraction of sp³-hybridized carbons (Fsp3) is 0. The smallest absolute Gasteiger partial charge is 0.255 e. The Bertz CT molecular complexity index is 1010. The number of amides is 1. The predicted octanol–water partition coefficient (Wildman–Crippen LogP) is 4.08. The summed E-state index contributed by atoms with van der Waals surface area (Å²) >= 11 is 1.47. The highest BCUT2D eigenvalue weighted by molar-refractivity contribution is 7.16. The normalized spacial score (nSPS) is 10.6. The average molecular weight is 347 g/mol. The zero-order valence-corrected chi connectivity index (χ0v) is 13.8. The molecule has 25 heavy (non-hydrogen) atoms. The van der Waals surface area contributed by atoms with Crippen molar-refractivity contribution in [2.75, 3.05) is 10.6 Å². The molecule has 0 aliphatic heterocycles.